The molecule has 1 atom stereocenters. The monoisotopic (exact) mass is 216 g/mol. The quantitative estimate of drug-likeness (QED) is 0.838. The Morgan fingerprint density at radius 3 is 2.75 bits per heavy atom. The highest BCUT2D eigenvalue weighted by Crippen LogP contribution is 2.14. The Morgan fingerprint density at radius 2 is 2.19 bits per heavy atom. The largest absolute Gasteiger partial charge is 0.338 e. The highest BCUT2D eigenvalue weighted by molar-refractivity contribution is 5.11. The Hall–Kier alpha value is -1.68. The third kappa shape index (κ3) is 2.28. The Labute approximate surface area is 95.4 Å². The molecular weight excluding hydrogens is 200 g/mol. The van der Waals surface area contributed by atoms with E-state index in [-0.39, 0.29) is 6.04 Å². The van der Waals surface area contributed by atoms with Crippen molar-refractivity contribution in [3.63, 3.8) is 0 Å². The number of aryl methyl sites for hydroxylation is 1. The van der Waals surface area contributed by atoms with Crippen LogP contribution in [0, 0.1) is 0 Å². The van der Waals surface area contributed by atoms with Crippen LogP contribution in [0.2, 0.25) is 0 Å². The van der Waals surface area contributed by atoms with E-state index in [9.17, 15) is 0 Å². The molecule has 0 aliphatic carbocycles. The maximum atomic E-state index is 4.36. The number of likely N-dealkylation sites (N-methyl/N-ethyl adjacent to an activating group) is 1. The minimum atomic E-state index is 0.210. The van der Waals surface area contributed by atoms with Crippen molar-refractivity contribution in [3.05, 3.63) is 48.3 Å². The second-order valence-electron chi connectivity index (χ2n) is 3.75. The van der Waals surface area contributed by atoms with Crippen molar-refractivity contribution in [1.82, 2.24) is 19.9 Å². The van der Waals surface area contributed by atoms with Crippen LogP contribution in [0.4, 0.5) is 0 Å². The molecule has 0 bridgehead atoms. The van der Waals surface area contributed by atoms with Crippen molar-refractivity contribution in [3.8, 4) is 0 Å². The average Bonchev–Trinajstić information content (AvgIpc) is 2.73. The van der Waals surface area contributed by atoms with Gasteiger partial charge in [0.05, 0.1) is 11.7 Å². The van der Waals surface area contributed by atoms with E-state index >= 15 is 0 Å². The van der Waals surface area contributed by atoms with Crippen LogP contribution < -0.4 is 5.32 Å². The molecule has 0 saturated carbocycles. The number of nitrogens with one attached hydrogen (secondary N) is 1. The standard InChI is InChI=1S/C12H16N4/c1-13-11(10-5-3-4-6-14-10)9-12-15-7-8-16(12)2/h3-8,11,13H,9H2,1-2H3. The lowest BCUT2D eigenvalue weighted by Gasteiger charge is -2.15. The van der Waals surface area contributed by atoms with Gasteiger partial charge >= 0.3 is 0 Å². The maximum Gasteiger partial charge on any atom is 0.110 e. The zero-order chi connectivity index (χ0) is 11.4. The van der Waals surface area contributed by atoms with Gasteiger partial charge in [0, 0.05) is 32.1 Å². The van der Waals surface area contributed by atoms with Gasteiger partial charge in [-0.2, -0.15) is 0 Å². The van der Waals surface area contributed by atoms with Crippen LogP contribution in [-0.2, 0) is 13.5 Å². The normalized spacial score (nSPS) is 12.6. The molecule has 0 fully saturated rings. The number of aromatic nitrogens is 3. The van der Waals surface area contributed by atoms with Crippen molar-refractivity contribution in [2.75, 3.05) is 7.05 Å². The van der Waals surface area contributed by atoms with E-state index in [0.717, 1.165) is 17.9 Å². The summed E-state index contributed by atoms with van der Waals surface area (Å²) in [5.41, 5.74) is 1.05. The fourth-order valence-corrected chi connectivity index (χ4v) is 1.71. The highest BCUT2D eigenvalue weighted by Gasteiger charge is 2.13. The van der Waals surface area contributed by atoms with Crippen molar-refractivity contribution >= 4 is 0 Å². The first-order valence-electron chi connectivity index (χ1n) is 5.35. The third-order valence-corrected chi connectivity index (χ3v) is 2.70. The molecule has 84 valence electrons. The Kier molecular flexibility index (Phi) is 3.31. The number of hydrogen-bond acceptors (Lipinski definition) is 3. The van der Waals surface area contributed by atoms with E-state index in [1.165, 1.54) is 0 Å². The summed E-state index contributed by atoms with van der Waals surface area (Å²) in [5.74, 6) is 1.06. The average molecular weight is 216 g/mol. The lowest BCUT2D eigenvalue weighted by Crippen LogP contribution is -2.21. The van der Waals surface area contributed by atoms with Crippen LogP contribution in [0.5, 0.6) is 0 Å². The smallest absolute Gasteiger partial charge is 0.110 e. The van der Waals surface area contributed by atoms with E-state index in [4.69, 9.17) is 0 Å². The maximum absolute atomic E-state index is 4.36. The first-order chi connectivity index (χ1) is 7.81. The molecule has 0 aromatic carbocycles. The van der Waals surface area contributed by atoms with Crippen molar-refractivity contribution in [2.24, 2.45) is 7.05 Å². The van der Waals surface area contributed by atoms with Gasteiger partial charge in [-0.05, 0) is 19.2 Å². The van der Waals surface area contributed by atoms with Crippen LogP contribution in [0.3, 0.4) is 0 Å². The predicted molar refractivity (Wildman–Crippen MR) is 62.9 cm³/mol. The molecule has 4 nitrogen and oxygen atoms in total. The second kappa shape index (κ2) is 4.90. The molecule has 2 aromatic heterocycles. The van der Waals surface area contributed by atoms with E-state index in [2.05, 4.69) is 15.3 Å². The summed E-state index contributed by atoms with van der Waals surface area (Å²) in [6.45, 7) is 0. The molecule has 0 amide bonds. The minimum Gasteiger partial charge on any atom is -0.338 e. The van der Waals surface area contributed by atoms with Gasteiger partial charge < -0.3 is 9.88 Å². The summed E-state index contributed by atoms with van der Waals surface area (Å²) < 4.78 is 2.04. The molecule has 0 spiro atoms. The van der Waals surface area contributed by atoms with Crippen LogP contribution >= 0.6 is 0 Å². The highest BCUT2D eigenvalue weighted by atomic mass is 15.0. The summed E-state index contributed by atoms with van der Waals surface area (Å²) in [7, 11) is 3.95. The van der Waals surface area contributed by atoms with Gasteiger partial charge in [-0.1, -0.05) is 6.07 Å². The number of nitrogens with zero attached hydrogens (tertiary/aromatic N) is 3. The lowest BCUT2D eigenvalue weighted by atomic mass is 10.1. The predicted octanol–water partition coefficient (Wildman–Crippen LogP) is 1.32. The molecule has 4 heteroatoms. The zero-order valence-corrected chi connectivity index (χ0v) is 9.59. The lowest BCUT2D eigenvalue weighted by molar-refractivity contribution is 0.550. The van der Waals surface area contributed by atoms with Gasteiger partial charge in [-0.15, -0.1) is 0 Å². The number of imidazole rings is 1. The molecule has 0 aliphatic heterocycles. The molecule has 0 saturated heterocycles. The Bertz CT molecular complexity index is 435. The molecule has 0 aliphatic rings. The third-order valence-electron chi connectivity index (χ3n) is 2.70. The number of pyridine rings is 1. The second-order valence-corrected chi connectivity index (χ2v) is 3.75. The van der Waals surface area contributed by atoms with Gasteiger partial charge in [0.1, 0.15) is 5.82 Å². The van der Waals surface area contributed by atoms with Crippen LogP contribution in [0.1, 0.15) is 17.6 Å². The van der Waals surface area contributed by atoms with Gasteiger partial charge in [0.15, 0.2) is 0 Å². The summed E-state index contributed by atoms with van der Waals surface area (Å²) in [6.07, 6.45) is 6.44. The summed E-state index contributed by atoms with van der Waals surface area (Å²) in [4.78, 5) is 8.68. The molecular formula is C12H16N4. The molecule has 16 heavy (non-hydrogen) atoms. The van der Waals surface area contributed by atoms with Crippen molar-refractivity contribution in [2.45, 2.75) is 12.5 Å². The summed E-state index contributed by atoms with van der Waals surface area (Å²) >= 11 is 0. The topological polar surface area (TPSA) is 42.7 Å². The summed E-state index contributed by atoms with van der Waals surface area (Å²) in [5, 5.41) is 3.27. The van der Waals surface area contributed by atoms with E-state index in [1.54, 1.807) is 0 Å². The van der Waals surface area contributed by atoms with Gasteiger partial charge in [0.25, 0.3) is 0 Å². The molecule has 2 rings (SSSR count). The van der Waals surface area contributed by atoms with E-state index in [0.29, 0.717) is 0 Å². The Morgan fingerprint density at radius 1 is 1.31 bits per heavy atom. The minimum absolute atomic E-state index is 0.210. The summed E-state index contributed by atoms with van der Waals surface area (Å²) in [6, 6.07) is 6.17. The van der Waals surface area contributed by atoms with Gasteiger partial charge in [0.2, 0.25) is 0 Å². The molecule has 0 radical (unpaired) electrons. The van der Waals surface area contributed by atoms with E-state index in [1.807, 2.05) is 55.5 Å². The van der Waals surface area contributed by atoms with E-state index < -0.39 is 0 Å². The fourth-order valence-electron chi connectivity index (χ4n) is 1.71. The zero-order valence-electron chi connectivity index (χ0n) is 9.59. The first kappa shape index (κ1) is 10.8. The fraction of sp³-hybridized carbons (Fsp3) is 0.333. The van der Waals surface area contributed by atoms with Crippen molar-refractivity contribution in [1.29, 1.82) is 0 Å². The van der Waals surface area contributed by atoms with Crippen LogP contribution in [0.15, 0.2) is 36.8 Å². The molecule has 2 heterocycles. The van der Waals surface area contributed by atoms with Gasteiger partial charge in [-0.25, -0.2) is 4.98 Å². The first-order valence-corrected chi connectivity index (χ1v) is 5.35. The molecule has 1 N–H and O–H groups in total. The number of hydrogen-bond donors (Lipinski definition) is 1. The molecule has 1 unspecified atom stereocenters. The van der Waals surface area contributed by atoms with Crippen molar-refractivity contribution < 1.29 is 0 Å². The molecule has 2 aromatic rings. The van der Waals surface area contributed by atoms with Crippen LogP contribution in [-0.4, -0.2) is 21.6 Å². The number of rotatable bonds is 4. The Balaban J connectivity index is 2.16. The van der Waals surface area contributed by atoms with Crippen LogP contribution in [0.25, 0.3) is 0 Å². The SMILES string of the molecule is CNC(Cc1nccn1C)c1ccccn1. The van der Waals surface area contributed by atoms with Gasteiger partial charge in [-0.3, -0.25) is 4.98 Å².